The summed E-state index contributed by atoms with van der Waals surface area (Å²) < 4.78 is 0. The highest BCUT2D eigenvalue weighted by atomic mass is 14.1. The first-order chi connectivity index (χ1) is 37.9. The van der Waals surface area contributed by atoms with Crippen molar-refractivity contribution >= 4 is 0 Å². The summed E-state index contributed by atoms with van der Waals surface area (Å²) in [5, 5.41) is 0. The number of hydrogen-bond donors (Lipinski definition) is 0. The first kappa shape index (κ1) is 73.2. The summed E-state index contributed by atoms with van der Waals surface area (Å²) >= 11 is 0. The largest absolute Gasteiger partial charge is 0.0654 e. The van der Waals surface area contributed by atoms with E-state index in [0.29, 0.717) is 0 Å². The molecule has 0 aromatic heterocycles. The van der Waals surface area contributed by atoms with Crippen molar-refractivity contribution in [3.8, 4) is 0 Å². The molecule has 0 saturated heterocycles. The van der Waals surface area contributed by atoms with Gasteiger partial charge in [-0.25, -0.2) is 0 Å². The lowest BCUT2D eigenvalue weighted by atomic mass is 9.99. The van der Waals surface area contributed by atoms with E-state index in [0.717, 1.165) is 0 Å². The minimum Gasteiger partial charge on any atom is -0.0654 e. The minimum absolute atomic E-state index is 1.28. The van der Waals surface area contributed by atoms with Crippen LogP contribution in [0.1, 0.15) is 449 Å². The zero-order valence-corrected chi connectivity index (χ0v) is 53.4. The maximum Gasteiger partial charge on any atom is -0.0279 e. The monoisotopic (exact) mass is 1060 g/mol. The second-order valence-electron chi connectivity index (χ2n) is 25.9. The van der Waals surface area contributed by atoms with Crippen molar-refractivity contribution in [1.29, 1.82) is 0 Å². The molecule has 1 aromatic rings. The van der Waals surface area contributed by atoms with Crippen LogP contribution < -0.4 is 0 Å². The number of unbranched alkanes of at least 4 members (excludes halogenated alkanes) is 64. The summed E-state index contributed by atoms with van der Waals surface area (Å²) in [5.74, 6) is 0. The van der Waals surface area contributed by atoms with Gasteiger partial charge in [-0.15, -0.1) is 0 Å². The lowest BCUT2D eigenvalue weighted by Gasteiger charge is -2.07. The fourth-order valence-corrected chi connectivity index (χ4v) is 12.7. The Morgan fingerprint density at radius 2 is 0.276 bits per heavy atom. The van der Waals surface area contributed by atoms with Gasteiger partial charge in [-0.05, 0) is 36.8 Å². The molecule has 0 heterocycles. The lowest BCUT2D eigenvalue weighted by Crippen LogP contribution is -1.91. The van der Waals surface area contributed by atoms with Gasteiger partial charge in [-0.2, -0.15) is 0 Å². The molecule has 0 unspecified atom stereocenters. The van der Waals surface area contributed by atoms with E-state index >= 15 is 0 Å². The van der Waals surface area contributed by atoms with Crippen LogP contribution >= 0.6 is 0 Å². The second kappa shape index (κ2) is 66.7. The molecule has 1 rings (SSSR count). The smallest absolute Gasteiger partial charge is 0.0279 e. The van der Waals surface area contributed by atoms with Gasteiger partial charge in [-0.1, -0.05) is 449 Å². The van der Waals surface area contributed by atoms with Crippen molar-refractivity contribution in [3.05, 3.63) is 35.4 Å². The normalized spacial score (nSPS) is 11.7. The third-order valence-corrected chi connectivity index (χ3v) is 18.1. The first-order valence-electron chi connectivity index (χ1n) is 36.9. The van der Waals surface area contributed by atoms with E-state index < -0.39 is 0 Å². The molecule has 0 aliphatic heterocycles. The van der Waals surface area contributed by atoms with Crippen LogP contribution in [0, 0.1) is 0 Å². The Labute approximate surface area is 483 Å². The van der Waals surface area contributed by atoms with Gasteiger partial charge in [0, 0.05) is 0 Å². The molecular weight excluding hydrogens is 913 g/mol. The molecule has 0 spiro atoms. The van der Waals surface area contributed by atoms with Crippen molar-refractivity contribution in [3.63, 3.8) is 0 Å². The molecule has 450 valence electrons. The van der Waals surface area contributed by atoms with E-state index in [1.54, 1.807) is 11.1 Å². The number of benzene rings is 1. The summed E-state index contributed by atoms with van der Waals surface area (Å²) in [6.07, 6.45) is 99.9. The Bertz CT molecular complexity index is 1060. The topological polar surface area (TPSA) is 0 Å². The van der Waals surface area contributed by atoms with Gasteiger partial charge in [0.25, 0.3) is 0 Å². The van der Waals surface area contributed by atoms with Crippen LogP contribution in [0.2, 0.25) is 0 Å². The molecule has 0 aliphatic rings. The van der Waals surface area contributed by atoms with E-state index in [4.69, 9.17) is 0 Å². The maximum atomic E-state index is 2.53. The molecule has 0 nitrogen and oxygen atoms in total. The standard InChI is InChI=1S/C76H146/c1-3-5-7-9-11-13-15-17-19-21-23-25-27-29-31-33-35-37-39-41-43-45-47-49-51-53-55-57-59-61-63-65-67-70-75-72-69-73-76(74-75)71-68-66-64-62-60-58-56-54-52-50-48-46-44-42-40-38-36-34-32-30-28-26-24-22-20-18-16-14-12-10-8-6-4-2/h69,72-74H,3-68,70-71H2,1-2H3. The van der Waals surface area contributed by atoms with Gasteiger partial charge < -0.3 is 0 Å². The van der Waals surface area contributed by atoms with Crippen molar-refractivity contribution in [2.45, 2.75) is 450 Å². The summed E-state index contributed by atoms with van der Waals surface area (Å²) in [4.78, 5) is 0. The van der Waals surface area contributed by atoms with Gasteiger partial charge in [-0.3, -0.25) is 0 Å². The third-order valence-electron chi connectivity index (χ3n) is 18.1. The summed E-state index contributed by atoms with van der Waals surface area (Å²) in [6.45, 7) is 4.63. The molecule has 0 aliphatic carbocycles. The molecule has 0 amide bonds. The SMILES string of the molecule is CCCCCCCCCCCCCCCCCCCCCCCCCCCCCCCCCCCc1cccc(CCCCCCCCCCCCCCCCCCCCCCCCCCCCCCCCCCC)c1. The molecule has 1 aromatic carbocycles. The van der Waals surface area contributed by atoms with Crippen LogP contribution in [0.4, 0.5) is 0 Å². The van der Waals surface area contributed by atoms with Crippen LogP contribution in [-0.2, 0) is 12.8 Å². The summed E-state index contributed by atoms with van der Waals surface area (Å²) in [6, 6.07) is 9.64. The molecule has 0 N–H and O–H groups in total. The predicted octanol–water partition coefficient (Wildman–Crippen LogP) is 28.6. The first-order valence-corrected chi connectivity index (χ1v) is 36.9. The van der Waals surface area contributed by atoms with Crippen molar-refractivity contribution in [2.24, 2.45) is 0 Å². The molecule has 0 saturated carbocycles. The molecule has 0 fully saturated rings. The number of aryl methyl sites for hydroxylation is 2. The van der Waals surface area contributed by atoms with Gasteiger partial charge in [0.1, 0.15) is 0 Å². The second-order valence-corrected chi connectivity index (χ2v) is 25.9. The van der Waals surface area contributed by atoms with Crippen LogP contribution in [0.3, 0.4) is 0 Å². The van der Waals surface area contributed by atoms with Gasteiger partial charge >= 0.3 is 0 Å². The number of rotatable bonds is 68. The quantitative estimate of drug-likeness (QED) is 0.0571. The summed E-state index contributed by atoms with van der Waals surface area (Å²) in [7, 11) is 0. The highest BCUT2D eigenvalue weighted by molar-refractivity contribution is 5.23. The highest BCUT2D eigenvalue weighted by Crippen LogP contribution is 2.21. The van der Waals surface area contributed by atoms with Crippen molar-refractivity contribution < 1.29 is 0 Å². The highest BCUT2D eigenvalue weighted by Gasteiger charge is 2.02. The Kier molecular flexibility index (Phi) is 64.3. The zero-order chi connectivity index (χ0) is 54.1. The summed E-state index contributed by atoms with van der Waals surface area (Å²) in [5.41, 5.74) is 3.17. The molecule has 0 heteroatoms. The molecule has 76 heavy (non-hydrogen) atoms. The molecule has 0 radical (unpaired) electrons. The Morgan fingerprint density at radius 3 is 0.408 bits per heavy atom. The molecule has 0 atom stereocenters. The maximum absolute atomic E-state index is 2.53. The van der Waals surface area contributed by atoms with E-state index in [-0.39, 0.29) is 0 Å². The zero-order valence-electron chi connectivity index (χ0n) is 53.4. The number of hydrogen-bond acceptors (Lipinski definition) is 0. The molecule has 0 bridgehead atoms. The van der Waals surface area contributed by atoms with E-state index in [9.17, 15) is 0 Å². The van der Waals surface area contributed by atoms with E-state index in [1.807, 2.05) is 0 Å². The van der Waals surface area contributed by atoms with Crippen LogP contribution in [0.25, 0.3) is 0 Å². The van der Waals surface area contributed by atoms with Crippen molar-refractivity contribution in [1.82, 2.24) is 0 Å². The average molecular weight is 1060 g/mol. The van der Waals surface area contributed by atoms with Crippen LogP contribution in [-0.4, -0.2) is 0 Å². The lowest BCUT2D eigenvalue weighted by molar-refractivity contribution is 0.511. The van der Waals surface area contributed by atoms with Gasteiger partial charge in [0.05, 0.1) is 0 Å². The Balaban J connectivity index is 1.72. The average Bonchev–Trinajstić information content (AvgIpc) is 3.43. The minimum atomic E-state index is 1.28. The fraction of sp³-hybridized carbons (Fsp3) is 0.921. The van der Waals surface area contributed by atoms with Crippen LogP contribution in [0.5, 0.6) is 0 Å². The Morgan fingerprint density at radius 1 is 0.158 bits per heavy atom. The van der Waals surface area contributed by atoms with Crippen molar-refractivity contribution in [2.75, 3.05) is 0 Å². The van der Waals surface area contributed by atoms with Gasteiger partial charge in [0.2, 0.25) is 0 Å². The third kappa shape index (κ3) is 60.9. The predicted molar refractivity (Wildman–Crippen MR) is 350 cm³/mol. The van der Waals surface area contributed by atoms with Crippen LogP contribution in [0.15, 0.2) is 24.3 Å². The van der Waals surface area contributed by atoms with E-state index in [1.165, 1.54) is 437 Å². The Hall–Kier alpha value is -0.780. The van der Waals surface area contributed by atoms with Gasteiger partial charge in [0.15, 0.2) is 0 Å². The fourth-order valence-electron chi connectivity index (χ4n) is 12.7. The molecular formula is C76H146. The van der Waals surface area contributed by atoms with E-state index in [2.05, 4.69) is 38.1 Å².